The van der Waals surface area contributed by atoms with Gasteiger partial charge in [0.1, 0.15) is 0 Å². The molecule has 1 aliphatic rings. The van der Waals surface area contributed by atoms with E-state index in [0.29, 0.717) is 15.6 Å². The third-order valence-electron chi connectivity index (χ3n) is 4.17. The lowest BCUT2D eigenvalue weighted by Gasteiger charge is -2.22. The van der Waals surface area contributed by atoms with Gasteiger partial charge in [0.05, 0.1) is 16.5 Å². The van der Waals surface area contributed by atoms with Crippen LogP contribution in [0, 0.1) is 0 Å². The number of hydrogen-bond acceptors (Lipinski definition) is 3. The smallest absolute Gasteiger partial charge is 0.310 e. The van der Waals surface area contributed by atoms with Crippen molar-refractivity contribution in [2.75, 3.05) is 11.5 Å². The van der Waals surface area contributed by atoms with Crippen molar-refractivity contribution in [3.8, 4) is 0 Å². The minimum Gasteiger partial charge on any atom is -0.455 e. The molecule has 2 aromatic carbocycles. The molecular formula is C19H17Cl2NO3. The number of fused-ring (bicyclic) bond motifs is 1. The predicted octanol–water partition coefficient (Wildman–Crippen LogP) is 4.06. The zero-order chi connectivity index (χ0) is 18.0. The van der Waals surface area contributed by atoms with Gasteiger partial charge in [0.25, 0.3) is 5.91 Å². The van der Waals surface area contributed by atoms with Crippen molar-refractivity contribution < 1.29 is 14.3 Å². The largest absolute Gasteiger partial charge is 0.455 e. The van der Waals surface area contributed by atoms with Crippen LogP contribution in [-0.4, -0.2) is 24.5 Å². The number of anilines is 1. The summed E-state index contributed by atoms with van der Waals surface area (Å²) >= 11 is 11.8. The Morgan fingerprint density at radius 1 is 1.16 bits per heavy atom. The van der Waals surface area contributed by atoms with E-state index in [4.69, 9.17) is 27.9 Å². The monoisotopic (exact) mass is 377 g/mol. The highest BCUT2D eigenvalue weighted by atomic mass is 35.5. The molecule has 0 spiro atoms. The van der Waals surface area contributed by atoms with Crippen molar-refractivity contribution in [3.63, 3.8) is 0 Å². The molecule has 0 aromatic heterocycles. The van der Waals surface area contributed by atoms with Crippen molar-refractivity contribution in [1.29, 1.82) is 0 Å². The lowest BCUT2D eigenvalue weighted by molar-refractivity contribution is -0.147. The fourth-order valence-corrected chi connectivity index (χ4v) is 3.35. The second kappa shape index (κ2) is 7.46. The van der Waals surface area contributed by atoms with Crippen LogP contribution >= 0.6 is 23.2 Å². The zero-order valence-corrected chi connectivity index (χ0v) is 15.2. The maximum absolute atomic E-state index is 12.5. The number of carbonyl (C=O) groups is 2. The van der Waals surface area contributed by atoms with Gasteiger partial charge < -0.3 is 9.64 Å². The maximum atomic E-state index is 12.5. The summed E-state index contributed by atoms with van der Waals surface area (Å²) in [4.78, 5) is 26.2. The highest BCUT2D eigenvalue weighted by Gasteiger charge is 2.30. The molecule has 0 aliphatic carbocycles. The first-order valence-corrected chi connectivity index (χ1v) is 8.71. The van der Waals surface area contributed by atoms with Crippen molar-refractivity contribution in [3.05, 3.63) is 63.6 Å². The molecule has 0 saturated carbocycles. The topological polar surface area (TPSA) is 46.6 Å². The Morgan fingerprint density at radius 2 is 1.92 bits per heavy atom. The standard InChI is InChI=1S/C19H17Cl2NO3/c1-12-8-14-4-2-3-5-17(14)22(12)18(23)11-25-19(24)10-13-6-7-15(20)16(21)9-13/h2-7,9,12H,8,10-11H2,1H3/t12-/m1/s1. The average Bonchev–Trinajstić information content (AvgIpc) is 2.92. The number of ether oxygens (including phenoxy) is 1. The first-order valence-electron chi connectivity index (χ1n) is 7.95. The first-order chi connectivity index (χ1) is 12.0. The Balaban J connectivity index is 1.59. The third kappa shape index (κ3) is 3.97. The number of para-hydroxylation sites is 1. The molecule has 2 aromatic rings. The molecule has 0 N–H and O–H groups in total. The molecule has 3 rings (SSSR count). The number of esters is 1. The molecule has 25 heavy (non-hydrogen) atoms. The lowest BCUT2D eigenvalue weighted by Crippen LogP contribution is -2.38. The van der Waals surface area contributed by atoms with Gasteiger partial charge in [0, 0.05) is 11.7 Å². The summed E-state index contributed by atoms with van der Waals surface area (Å²) in [6, 6.07) is 12.8. The fourth-order valence-electron chi connectivity index (χ4n) is 3.02. The summed E-state index contributed by atoms with van der Waals surface area (Å²) in [5.41, 5.74) is 2.71. The van der Waals surface area contributed by atoms with Gasteiger partial charge in [0.2, 0.25) is 0 Å². The van der Waals surface area contributed by atoms with E-state index in [-0.39, 0.29) is 25.0 Å². The number of benzene rings is 2. The Hall–Kier alpha value is -2.04. The van der Waals surface area contributed by atoms with Crippen LogP contribution in [0.1, 0.15) is 18.1 Å². The number of rotatable bonds is 4. The van der Waals surface area contributed by atoms with Crippen LogP contribution in [0.25, 0.3) is 0 Å². The fraction of sp³-hybridized carbons (Fsp3) is 0.263. The minimum atomic E-state index is -0.480. The highest BCUT2D eigenvalue weighted by Crippen LogP contribution is 2.31. The van der Waals surface area contributed by atoms with E-state index in [0.717, 1.165) is 17.7 Å². The minimum absolute atomic E-state index is 0.0380. The van der Waals surface area contributed by atoms with Gasteiger partial charge in [-0.15, -0.1) is 0 Å². The summed E-state index contributed by atoms with van der Waals surface area (Å²) in [5, 5.41) is 0.807. The molecule has 1 atom stereocenters. The Kier molecular flexibility index (Phi) is 5.30. The molecule has 0 radical (unpaired) electrons. The van der Waals surface area contributed by atoms with E-state index >= 15 is 0 Å². The zero-order valence-electron chi connectivity index (χ0n) is 13.7. The van der Waals surface area contributed by atoms with Gasteiger partial charge in [-0.05, 0) is 42.7 Å². The van der Waals surface area contributed by atoms with E-state index in [1.807, 2.05) is 31.2 Å². The maximum Gasteiger partial charge on any atom is 0.310 e. The van der Waals surface area contributed by atoms with E-state index in [9.17, 15) is 9.59 Å². The van der Waals surface area contributed by atoms with E-state index < -0.39 is 5.97 Å². The molecule has 1 amide bonds. The van der Waals surface area contributed by atoms with Crippen LogP contribution in [0.4, 0.5) is 5.69 Å². The van der Waals surface area contributed by atoms with Gasteiger partial charge in [-0.25, -0.2) is 0 Å². The van der Waals surface area contributed by atoms with Crippen LogP contribution in [0.2, 0.25) is 10.0 Å². The number of amides is 1. The van der Waals surface area contributed by atoms with E-state index in [1.165, 1.54) is 0 Å². The molecule has 0 bridgehead atoms. The molecular weight excluding hydrogens is 361 g/mol. The Morgan fingerprint density at radius 3 is 2.68 bits per heavy atom. The first kappa shape index (κ1) is 17.8. The van der Waals surface area contributed by atoms with Gasteiger partial charge in [-0.2, -0.15) is 0 Å². The molecule has 6 heteroatoms. The molecule has 0 fully saturated rings. The van der Waals surface area contributed by atoms with Gasteiger partial charge in [-0.1, -0.05) is 47.5 Å². The van der Waals surface area contributed by atoms with Crippen LogP contribution in [0.3, 0.4) is 0 Å². The molecule has 4 nitrogen and oxygen atoms in total. The van der Waals surface area contributed by atoms with Gasteiger partial charge >= 0.3 is 5.97 Å². The molecule has 1 aliphatic heterocycles. The van der Waals surface area contributed by atoms with Crippen LogP contribution in [0.5, 0.6) is 0 Å². The molecule has 0 unspecified atom stereocenters. The molecule has 130 valence electrons. The number of halogens is 2. The Labute approximate surface area is 156 Å². The summed E-state index contributed by atoms with van der Waals surface area (Å²) < 4.78 is 5.15. The highest BCUT2D eigenvalue weighted by molar-refractivity contribution is 6.42. The van der Waals surface area contributed by atoms with E-state index in [1.54, 1.807) is 23.1 Å². The second-order valence-electron chi connectivity index (χ2n) is 6.03. The summed E-state index contributed by atoms with van der Waals surface area (Å²) in [7, 11) is 0. The Bertz CT molecular complexity index is 822. The summed E-state index contributed by atoms with van der Waals surface area (Å²) in [6.45, 7) is 1.70. The quantitative estimate of drug-likeness (QED) is 0.754. The van der Waals surface area contributed by atoms with Crippen LogP contribution in [-0.2, 0) is 27.2 Å². The SMILES string of the molecule is C[C@@H]1Cc2ccccc2N1C(=O)COC(=O)Cc1ccc(Cl)c(Cl)c1. The average molecular weight is 378 g/mol. The lowest BCUT2D eigenvalue weighted by atomic mass is 10.1. The van der Waals surface area contributed by atoms with Crippen molar-refractivity contribution in [2.45, 2.75) is 25.8 Å². The summed E-state index contributed by atoms with van der Waals surface area (Å²) in [6.07, 6.45) is 0.843. The van der Waals surface area contributed by atoms with E-state index in [2.05, 4.69) is 0 Å². The summed E-state index contributed by atoms with van der Waals surface area (Å²) in [5.74, 6) is -0.702. The van der Waals surface area contributed by atoms with Gasteiger partial charge in [-0.3, -0.25) is 9.59 Å². The van der Waals surface area contributed by atoms with Crippen molar-refractivity contribution in [2.24, 2.45) is 0 Å². The van der Waals surface area contributed by atoms with Crippen LogP contribution < -0.4 is 4.90 Å². The number of nitrogens with zero attached hydrogens (tertiary/aromatic N) is 1. The number of carbonyl (C=O) groups excluding carboxylic acids is 2. The normalized spacial score (nSPS) is 15.8. The van der Waals surface area contributed by atoms with Crippen LogP contribution in [0.15, 0.2) is 42.5 Å². The second-order valence-corrected chi connectivity index (χ2v) is 6.85. The predicted molar refractivity (Wildman–Crippen MR) is 98.2 cm³/mol. The van der Waals surface area contributed by atoms with Gasteiger partial charge in [0.15, 0.2) is 6.61 Å². The van der Waals surface area contributed by atoms with Crippen molar-refractivity contribution in [1.82, 2.24) is 0 Å². The van der Waals surface area contributed by atoms with Crippen molar-refractivity contribution >= 4 is 40.8 Å². The number of hydrogen-bond donors (Lipinski definition) is 0. The third-order valence-corrected chi connectivity index (χ3v) is 4.90. The molecule has 1 heterocycles. The molecule has 0 saturated heterocycles.